The van der Waals surface area contributed by atoms with Crippen LogP contribution in [-0.2, 0) is 9.59 Å². The predicted molar refractivity (Wildman–Crippen MR) is 67.1 cm³/mol. The highest BCUT2D eigenvalue weighted by Crippen LogP contribution is 2.87. The Morgan fingerprint density at radius 1 is 0.750 bits per heavy atom. The van der Waals surface area contributed by atoms with Crippen LogP contribution in [0.4, 0.5) is 0 Å². The van der Waals surface area contributed by atoms with Crippen molar-refractivity contribution >= 4 is 11.9 Å². The number of carboxylic acids is 2. The number of nitrogens with zero attached hydrogens (tertiary/aromatic N) is 2. The van der Waals surface area contributed by atoms with Gasteiger partial charge in [0.1, 0.15) is 0 Å². The van der Waals surface area contributed by atoms with Crippen molar-refractivity contribution in [1.29, 1.82) is 0 Å². The van der Waals surface area contributed by atoms with Gasteiger partial charge in [0.2, 0.25) is 0 Å². The third-order valence-electron chi connectivity index (χ3n) is 6.62. The summed E-state index contributed by atoms with van der Waals surface area (Å²) in [6.45, 7) is 7.80. The van der Waals surface area contributed by atoms with E-state index in [0.29, 0.717) is 0 Å². The van der Waals surface area contributed by atoms with E-state index in [1.807, 2.05) is 27.7 Å². The second-order valence-electron chi connectivity index (χ2n) is 8.01. The average Bonchev–Trinajstić information content (AvgIpc) is 3.14. The molecule has 0 radical (unpaired) electrons. The van der Waals surface area contributed by atoms with E-state index >= 15 is 0 Å². The normalized spacial score (nSPS) is 54.8. The van der Waals surface area contributed by atoms with Crippen LogP contribution >= 0.6 is 0 Å². The lowest BCUT2D eigenvalue weighted by Gasteiger charge is -2.40. The van der Waals surface area contributed by atoms with Crippen LogP contribution in [0.15, 0.2) is 10.2 Å². The van der Waals surface area contributed by atoms with E-state index in [1.54, 1.807) is 0 Å². The Labute approximate surface area is 116 Å². The second kappa shape index (κ2) is 2.65. The molecule has 0 spiro atoms. The lowest BCUT2D eigenvalue weighted by Crippen LogP contribution is -2.57. The molecule has 5 aliphatic rings. The van der Waals surface area contributed by atoms with Crippen LogP contribution in [0.3, 0.4) is 0 Å². The third-order valence-corrected chi connectivity index (χ3v) is 6.62. The summed E-state index contributed by atoms with van der Waals surface area (Å²) < 4.78 is 0. The summed E-state index contributed by atoms with van der Waals surface area (Å²) in [6, 6.07) is 0. The fraction of sp³-hybridized carbons (Fsp3) is 0.857. The van der Waals surface area contributed by atoms with Crippen LogP contribution in [0, 0.1) is 34.5 Å². The summed E-state index contributed by atoms with van der Waals surface area (Å²) in [6.07, 6.45) is 0. The van der Waals surface area contributed by atoms with Crippen LogP contribution in [-0.4, -0.2) is 33.2 Å². The first kappa shape index (κ1) is 12.3. The van der Waals surface area contributed by atoms with Crippen molar-refractivity contribution in [2.24, 2.45) is 44.7 Å². The molecule has 6 atom stereocenters. The molecule has 2 heterocycles. The molecule has 0 amide bonds. The topological polar surface area (TPSA) is 99.3 Å². The van der Waals surface area contributed by atoms with E-state index in [2.05, 4.69) is 10.2 Å². The Hall–Kier alpha value is -1.46. The Morgan fingerprint density at radius 2 is 1.00 bits per heavy atom. The van der Waals surface area contributed by atoms with Gasteiger partial charge in [0.15, 0.2) is 11.1 Å². The van der Waals surface area contributed by atoms with E-state index in [4.69, 9.17) is 0 Å². The fourth-order valence-electron chi connectivity index (χ4n) is 5.98. The molecular formula is C14H18N2O4. The highest BCUT2D eigenvalue weighted by molar-refractivity contribution is 5.90. The van der Waals surface area contributed by atoms with Gasteiger partial charge in [0.05, 0.1) is 0 Å². The van der Waals surface area contributed by atoms with Gasteiger partial charge in [-0.15, -0.1) is 0 Å². The van der Waals surface area contributed by atoms with Gasteiger partial charge in [-0.2, -0.15) is 10.2 Å². The van der Waals surface area contributed by atoms with Gasteiger partial charge in [0, 0.05) is 23.7 Å². The van der Waals surface area contributed by atoms with Crippen LogP contribution in [0.1, 0.15) is 27.7 Å². The minimum absolute atomic E-state index is 0.218. The molecule has 0 aromatic carbocycles. The van der Waals surface area contributed by atoms with Gasteiger partial charge in [-0.3, -0.25) is 0 Å². The molecule has 2 aliphatic heterocycles. The van der Waals surface area contributed by atoms with Crippen LogP contribution < -0.4 is 0 Å². The molecule has 108 valence electrons. The predicted octanol–water partition coefficient (Wildman–Crippen LogP) is 1.66. The van der Waals surface area contributed by atoms with Gasteiger partial charge >= 0.3 is 11.9 Å². The van der Waals surface area contributed by atoms with Gasteiger partial charge in [-0.25, -0.2) is 9.59 Å². The van der Waals surface area contributed by atoms with Crippen molar-refractivity contribution in [2.75, 3.05) is 0 Å². The molecule has 2 unspecified atom stereocenters. The lowest BCUT2D eigenvalue weighted by atomic mass is 9.71. The maximum Gasteiger partial charge on any atom is 0.334 e. The molecule has 3 saturated carbocycles. The number of hydrogen-bond donors (Lipinski definition) is 2. The number of carboxylic acid groups (broad SMARTS) is 2. The summed E-state index contributed by atoms with van der Waals surface area (Å²) >= 11 is 0. The van der Waals surface area contributed by atoms with E-state index in [1.165, 1.54) is 0 Å². The summed E-state index contributed by atoms with van der Waals surface area (Å²) in [5, 5.41) is 27.8. The van der Waals surface area contributed by atoms with Gasteiger partial charge < -0.3 is 10.2 Å². The van der Waals surface area contributed by atoms with Crippen molar-refractivity contribution in [1.82, 2.24) is 0 Å². The summed E-state index contributed by atoms with van der Waals surface area (Å²) in [5.41, 5.74) is -3.08. The number of hydrogen-bond acceptors (Lipinski definition) is 4. The van der Waals surface area contributed by atoms with E-state index in [9.17, 15) is 19.8 Å². The highest BCUT2D eigenvalue weighted by atomic mass is 16.4. The smallest absolute Gasteiger partial charge is 0.334 e. The summed E-state index contributed by atoms with van der Waals surface area (Å²) in [7, 11) is 0. The monoisotopic (exact) mass is 278 g/mol. The van der Waals surface area contributed by atoms with Gasteiger partial charge in [-0.1, -0.05) is 27.7 Å². The highest BCUT2D eigenvalue weighted by Gasteiger charge is 2.95. The SMILES string of the molecule is CC1(C)[C@H]2[C@@H]1C1(C(=O)O)N=NC2(C(=O)O)[C@H]2[C@@H]1C2(C)C. The zero-order valence-corrected chi connectivity index (χ0v) is 11.9. The van der Waals surface area contributed by atoms with Gasteiger partial charge in [-0.05, 0) is 10.8 Å². The summed E-state index contributed by atoms with van der Waals surface area (Å²) in [5.74, 6) is -2.76. The maximum absolute atomic E-state index is 12.0. The standard InChI is InChI=1S/C14H18N2O4/c1-11(2)5-6(11)14(10(19)20)8-7(12(8,3)4)13(5,9(17)18)15-16-14/h5-8H,1-4H3,(H,17,18)(H,19,20)/t5-,6+,7+,8-,13?,14?. The van der Waals surface area contributed by atoms with Crippen molar-refractivity contribution in [3.63, 3.8) is 0 Å². The van der Waals surface area contributed by atoms with Crippen molar-refractivity contribution in [3.05, 3.63) is 0 Å². The molecule has 20 heavy (non-hydrogen) atoms. The average molecular weight is 278 g/mol. The van der Waals surface area contributed by atoms with Crippen molar-refractivity contribution in [3.8, 4) is 0 Å². The Kier molecular flexibility index (Phi) is 1.63. The fourth-order valence-corrected chi connectivity index (χ4v) is 5.98. The quantitative estimate of drug-likeness (QED) is 0.802. The Balaban J connectivity index is 2.01. The number of rotatable bonds is 2. The van der Waals surface area contributed by atoms with Crippen LogP contribution in [0.25, 0.3) is 0 Å². The van der Waals surface area contributed by atoms with Crippen LogP contribution in [0.5, 0.6) is 0 Å². The number of azo groups is 1. The first-order chi connectivity index (χ1) is 9.07. The van der Waals surface area contributed by atoms with E-state index < -0.39 is 23.0 Å². The van der Waals surface area contributed by atoms with E-state index in [-0.39, 0.29) is 34.5 Å². The summed E-state index contributed by atoms with van der Waals surface area (Å²) in [4.78, 5) is 23.9. The maximum atomic E-state index is 12.0. The minimum atomic E-state index is -1.21. The molecule has 3 aliphatic carbocycles. The second-order valence-corrected chi connectivity index (χ2v) is 8.01. The molecule has 6 nitrogen and oxygen atoms in total. The zero-order chi connectivity index (χ0) is 14.9. The molecule has 3 fully saturated rings. The third kappa shape index (κ3) is 0.826. The Morgan fingerprint density at radius 3 is 1.20 bits per heavy atom. The van der Waals surface area contributed by atoms with Crippen LogP contribution in [0.2, 0.25) is 0 Å². The molecular weight excluding hydrogens is 260 g/mol. The zero-order valence-electron chi connectivity index (χ0n) is 11.9. The first-order valence-electron chi connectivity index (χ1n) is 6.98. The first-order valence-corrected chi connectivity index (χ1v) is 6.98. The molecule has 6 heteroatoms. The largest absolute Gasteiger partial charge is 0.479 e. The molecule has 2 bridgehead atoms. The Bertz CT molecular complexity index is 530. The lowest BCUT2D eigenvalue weighted by molar-refractivity contribution is -0.155. The molecule has 5 rings (SSSR count). The molecule has 0 aromatic rings. The van der Waals surface area contributed by atoms with Crippen molar-refractivity contribution < 1.29 is 19.8 Å². The number of aliphatic carboxylic acids is 2. The number of carbonyl (C=O) groups is 2. The molecule has 0 saturated heterocycles. The van der Waals surface area contributed by atoms with Gasteiger partial charge in [0.25, 0.3) is 0 Å². The van der Waals surface area contributed by atoms with Crippen molar-refractivity contribution in [2.45, 2.75) is 38.8 Å². The van der Waals surface area contributed by atoms with E-state index in [0.717, 1.165) is 0 Å². The minimum Gasteiger partial charge on any atom is -0.479 e. The molecule has 0 aromatic heterocycles. The molecule has 2 N–H and O–H groups in total.